The summed E-state index contributed by atoms with van der Waals surface area (Å²) >= 11 is 0. The molecular weight excluding hydrogens is 290 g/mol. The fourth-order valence-corrected chi connectivity index (χ4v) is 2.97. The minimum atomic E-state index is -0.197. The largest absolute Gasteiger partial charge is 0.337 e. The first-order valence-corrected chi connectivity index (χ1v) is 8.05. The van der Waals surface area contributed by atoms with Gasteiger partial charge in [-0.25, -0.2) is 4.68 Å². The van der Waals surface area contributed by atoms with E-state index in [0.29, 0.717) is 18.2 Å². The molecule has 1 amide bonds. The Kier molecular flexibility index (Phi) is 4.55. The average Bonchev–Trinajstić information content (AvgIpc) is 2.57. The number of hydrogen-bond acceptors (Lipinski definition) is 3. The van der Waals surface area contributed by atoms with Gasteiger partial charge in [0.25, 0.3) is 11.5 Å². The molecule has 2 heterocycles. The first kappa shape index (κ1) is 15.5. The van der Waals surface area contributed by atoms with Crippen LogP contribution in [0.2, 0.25) is 0 Å². The molecule has 120 valence electrons. The maximum atomic E-state index is 12.6. The first-order chi connectivity index (χ1) is 11.1. The monoisotopic (exact) mass is 311 g/mol. The maximum absolute atomic E-state index is 12.6. The molecule has 0 spiro atoms. The lowest BCUT2D eigenvalue weighted by Gasteiger charge is -2.30. The van der Waals surface area contributed by atoms with Crippen molar-refractivity contribution in [1.82, 2.24) is 14.7 Å². The number of hydrogen-bond donors (Lipinski definition) is 0. The zero-order valence-electron chi connectivity index (χ0n) is 13.3. The van der Waals surface area contributed by atoms with Crippen LogP contribution < -0.4 is 5.56 Å². The van der Waals surface area contributed by atoms with Crippen molar-refractivity contribution in [3.05, 3.63) is 64.1 Å². The summed E-state index contributed by atoms with van der Waals surface area (Å²) < 4.78 is 1.36. The van der Waals surface area contributed by atoms with E-state index in [1.807, 2.05) is 35.2 Å². The molecule has 1 aromatic carbocycles. The van der Waals surface area contributed by atoms with Crippen LogP contribution in [0.4, 0.5) is 0 Å². The molecule has 1 fully saturated rings. The van der Waals surface area contributed by atoms with Gasteiger partial charge in [-0.1, -0.05) is 37.3 Å². The van der Waals surface area contributed by atoms with Crippen molar-refractivity contribution in [2.75, 3.05) is 13.1 Å². The molecule has 0 N–H and O–H groups in total. The minimum absolute atomic E-state index is 0.0849. The van der Waals surface area contributed by atoms with Crippen LogP contribution in [0.25, 0.3) is 0 Å². The summed E-state index contributed by atoms with van der Waals surface area (Å²) in [5, 5.41) is 4.28. The van der Waals surface area contributed by atoms with Crippen molar-refractivity contribution in [2.24, 2.45) is 5.92 Å². The lowest BCUT2D eigenvalue weighted by molar-refractivity contribution is 0.0674. The Morgan fingerprint density at radius 1 is 1.22 bits per heavy atom. The highest BCUT2D eigenvalue weighted by atomic mass is 16.2. The number of likely N-dealkylation sites (tertiary alicyclic amines) is 1. The summed E-state index contributed by atoms with van der Waals surface area (Å²) in [6, 6.07) is 12.6. The van der Waals surface area contributed by atoms with Crippen LogP contribution in [-0.4, -0.2) is 33.7 Å². The standard InChI is InChI=1S/C18H21N3O2/c1-14-6-5-11-20(12-14)18(23)16-9-10-17(22)21(19-16)13-15-7-3-2-4-8-15/h2-4,7-10,14H,5-6,11-13H2,1H3. The van der Waals surface area contributed by atoms with Gasteiger partial charge in [0.05, 0.1) is 6.54 Å². The predicted octanol–water partition coefficient (Wildman–Crippen LogP) is 2.16. The topological polar surface area (TPSA) is 55.2 Å². The average molecular weight is 311 g/mol. The lowest BCUT2D eigenvalue weighted by Crippen LogP contribution is -2.40. The van der Waals surface area contributed by atoms with Gasteiger partial charge in [-0.2, -0.15) is 5.10 Å². The third-order valence-corrected chi connectivity index (χ3v) is 4.21. The molecule has 1 aliphatic rings. The molecule has 5 nitrogen and oxygen atoms in total. The number of amides is 1. The quantitative estimate of drug-likeness (QED) is 0.873. The van der Waals surface area contributed by atoms with E-state index in [-0.39, 0.29) is 11.5 Å². The van der Waals surface area contributed by atoms with E-state index in [9.17, 15) is 9.59 Å². The van der Waals surface area contributed by atoms with Crippen LogP contribution in [0.5, 0.6) is 0 Å². The third kappa shape index (κ3) is 3.67. The second-order valence-corrected chi connectivity index (χ2v) is 6.20. The molecular formula is C18H21N3O2. The summed E-state index contributed by atoms with van der Waals surface area (Å²) in [5.74, 6) is 0.432. The van der Waals surface area contributed by atoms with Crippen LogP contribution >= 0.6 is 0 Å². The van der Waals surface area contributed by atoms with Crippen LogP contribution in [0, 0.1) is 5.92 Å². The lowest BCUT2D eigenvalue weighted by atomic mass is 10.00. The SMILES string of the molecule is CC1CCCN(C(=O)c2ccc(=O)n(Cc3ccccc3)n2)C1. The van der Waals surface area contributed by atoms with Gasteiger partial charge in [-0.05, 0) is 30.4 Å². The smallest absolute Gasteiger partial charge is 0.274 e. The van der Waals surface area contributed by atoms with Gasteiger partial charge in [-0.3, -0.25) is 9.59 Å². The van der Waals surface area contributed by atoms with E-state index in [1.54, 1.807) is 0 Å². The molecule has 1 aromatic heterocycles. The molecule has 5 heteroatoms. The molecule has 3 rings (SSSR count). The number of piperidine rings is 1. The number of rotatable bonds is 3. The van der Waals surface area contributed by atoms with Gasteiger partial charge < -0.3 is 4.90 Å². The Morgan fingerprint density at radius 3 is 2.74 bits per heavy atom. The molecule has 1 atom stereocenters. The minimum Gasteiger partial charge on any atom is -0.337 e. The van der Waals surface area contributed by atoms with Gasteiger partial charge in [0.15, 0.2) is 0 Å². The van der Waals surface area contributed by atoms with Crippen LogP contribution in [-0.2, 0) is 6.54 Å². The third-order valence-electron chi connectivity index (χ3n) is 4.21. The van der Waals surface area contributed by atoms with E-state index in [1.165, 1.54) is 16.8 Å². The first-order valence-electron chi connectivity index (χ1n) is 8.05. The second kappa shape index (κ2) is 6.77. The molecule has 2 aromatic rings. The summed E-state index contributed by atoms with van der Waals surface area (Å²) in [4.78, 5) is 26.5. The summed E-state index contributed by atoms with van der Waals surface area (Å²) in [6.45, 7) is 4.06. The van der Waals surface area contributed by atoms with E-state index >= 15 is 0 Å². The number of benzene rings is 1. The molecule has 0 bridgehead atoms. The van der Waals surface area contributed by atoms with E-state index < -0.39 is 0 Å². The van der Waals surface area contributed by atoms with Crippen molar-refractivity contribution in [2.45, 2.75) is 26.3 Å². The highest BCUT2D eigenvalue weighted by Crippen LogP contribution is 2.17. The van der Waals surface area contributed by atoms with Crippen LogP contribution in [0.1, 0.15) is 35.8 Å². The molecule has 0 saturated carbocycles. The second-order valence-electron chi connectivity index (χ2n) is 6.20. The maximum Gasteiger partial charge on any atom is 0.274 e. The van der Waals surface area contributed by atoms with Crippen molar-refractivity contribution in [3.63, 3.8) is 0 Å². The fraction of sp³-hybridized carbons (Fsp3) is 0.389. The fourth-order valence-electron chi connectivity index (χ4n) is 2.97. The molecule has 0 radical (unpaired) electrons. The zero-order valence-corrected chi connectivity index (χ0v) is 13.3. The zero-order chi connectivity index (χ0) is 16.2. The van der Waals surface area contributed by atoms with E-state index in [4.69, 9.17) is 0 Å². The summed E-state index contributed by atoms with van der Waals surface area (Å²) in [7, 11) is 0. The van der Waals surface area contributed by atoms with Gasteiger partial charge in [0.1, 0.15) is 5.69 Å². The number of nitrogens with zero attached hydrogens (tertiary/aromatic N) is 3. The molecule has 23 heavy (non-hydrogen) atoms. The van der Waals surface area contributed by atoms with E-state index in [0.717, 1.165) is 31.5 Å². The number of aromatic nitrogens is 2. The van der Waals surface area contributed by atoms with Gasteiger partial charge >= 0.3 is 0 Å². The normalized spacial score (nSPS) is 18.0. The van der Waals surface area contributed by atoms with Crippen molar-refractivity contribution in [1.29, 1.82) is 0 Å². The summed E-state index contributed by atoms with van der Waals surface area (Å²) in [6.07, 6.45) is 2.18. The van der Waals surface area contributed by atoms with Crippen molar-refractivity contribution < 1.29 is 4.79 Å². The van der Waals surface area contributed by atoms with Crippen LogP contribution in [0.15, 0.2) is 47.3 Å². The number of carbonyl (C=O) groups is 1. The van der Waals surface area contributed by atoms with Gasteiger partial charge in [-0.15, -0.1) is 0 Å². The van der Waals surface area contributed by atoms with Gasteiger partial charge in [0, 0.05) is 19.2 Å². The highest BCUT2D eigenvalue weighted by Gasteiger charge is 2.23. The highest BCUT2D eigenvalue weighted by molar-refractivity contribution is 5.92. The molecule has 1 aliphatic heterocycles. The van der Waals surface area contributed by atoms with Crippen molar-refractivity contribution >= 4 is 5.91 Å². The van der Waals surface area contributed by atoms with Crippen molar-refractivity contribution in [3.8, 4) is 0 Å². The van der Waals surface area contributed by atoms with E-state index in [2.05, 4.69) is 12.0 Å². The Hall–Kier alpha value is -2.43. The Bertz CT molecular complexity index is 739. The Morgan fingerprint density at radius 2 is 2.00 bits per heavy atom. The summed E-state index contributed by atoms with van der Waals surface area (Å²) in [5.41, 5.74) is 1.13. The predicted molar refractivity (Wildman–Crippen MR) is 88.3 cm³/mol. The Labute approximate surface area is 135 Å². The Balaban J connectivity index is 1.82. The molecule has 1 unspecified atom stereocenters. The molecule has 0 aliphatic carbocycles. The van der Waals surface area contributed by atoms with Crippen LogP contribution in [0.3, 0.4) is 0 Å². The van der Waals surface area contributed by atoms with Gasteiger partial charge in [0.2, 0.25) is 0 Å². The molecule has 1 saturated heterocycles. The number of carbonyl (C=O) groups excluding carboxylic acids is 1.